The second-order valence-electron chi connectivity index (χ2n) is 5.58. The molecule has 1 fully saturated rings. The first-order valence-corrected chi connectivity index (χ1v) is 7.74. The Kier molecular flexibility index (Phi) is 6.05. The number of aryl methyl sites for hydroxylation is 1. The van der Waals surface area contributed by atoms with E-state index in [1.807, 2.05) is 10.8 Å². The van der Waals surface area contributed by atoms with Crippen molar-refractivity contribution in [3.63, 3.8) is 0 Å². The van der Waals surface area contributed by atoms with Crippen LogP contribution in [0.1, 0.15) is 32.6 Å². The maximum absolute atomic E-state index is 12.4. The Morgan fingerprint density at radius 3 is 2.90 bits per heavy atom. The molecule has 0 saturated carbocycles. The first-order valence-electron chi connectivity index (χ1n) is 7.74. The lowest BCUT2D eigenvalue weighted by Gasteiger charge is -2.30. The smallest absolute Gasteiger partial charge is 0.224 e. The molecular weight excluding hydrogens is 252 g/mol. The van der Waals surface area contributed by atoms with Crippen molar-refractivity contribution < 1.29 is 4.79 Å². The van der Waals surface area contributed by atoms with Crippen molar-refractivity contribution in [1.29, 1.82) is 0 Å². The zero-order chi connectivity index (χ0) is 14.2. The van der Waals surface area contributed by atoms with Crippen LogP contribution in [-0.4, -0.2) is 46.5 Å². The van der Waals surface area contributed by atoms with Gasteiger partial charge in [-0.1, -0.05) is 6.92 Å². The first kappa shape index (κ1) is 15.0. The standard InChI is InChI=1S/C15H26N4O/c1-2-9-19(12-14-3-6-16-7-4-14)15(20)5-10-18-11-8-17-13-18/h8,11,13-14,16H,2-7,9-10,12H2,1H3. The average Bonchev–Trinajstić information content (AvgIpc) is 2.99. The lowest BCUT2D eigenvalue weighted by molar-refractivity contribution is -0.132. The van der Waals surface area contributed by atoms with Crippen molar-refractivity contribution >= 4 is 5.91 Å². The average molecular weight is 278 g/mol. The van der Waals surface area contributed by atoms with E-state index in [9.17, 15) is 4.79 Å². The number of carbonyl (C=O) groups is 1. The van der Waals surface area contributed by atoms with Crippen LogP contribution in [0.25, 0.3) is 0 Å². The van der Waals surface area contributed by atoms with Crippen molar-refractivity contribution in [2.45, 2.75) is 39.2 Å². The third-order valence-corrected chi connectivity index (χ3v) is 3.93. The second-order valence-corrected chi connectivity index (χ2v) is 5.58. The summed E-state index contributed by atoms with van der Waals surface area (Å²) >= 11 is 0. The van der Waals surface area contributed by atoms with Gasteiger partial charge in [0.15, 0.2) is 0 Å². The van der Waals surface area contributed by atoms with Gasteiger partial charge in [-0.05, 0) is 38.3 Å². The quantitative estimate of drug-likeness (QED) is 0.822. The number of aromatic nitrogens is 2. The third kappa shape index (κ3) is 4.63. The molecule has 0 bridgehead atoms. The van der Waals surface area contributed by atoms with Crippen molar-refractivity contribution in [2.75, 3.05) is 26.2 Å². The fraction of sp³-hybridized carbons (Fsp3) is 0.733. The Balaban J connectivity index is 1.81. The topological polar surface area (TPSA) is 50.2 Å². The van der Waals surface area contributed by atoms with Gasteiger partial charge in [0.2, 0.25) is 5.91 Å². The number of nitrogens with one attached hydrogen (secondary N) is 1. The molecule has 2 heterocycles. The number of imidazole rings is 1. The molecule has 20 heavy (non-hydrogen) atoms. The Morgan fingerprint density at radius 2 is 2.25 bits per heavy atom. The van der Waals surface area contributed by atoms with Gasteiger partial charge in [0.25, 0.3) is 0 Å². The summed E-state index contributed by atoms with van der Waals surface area (Å²) in [4.78, 5) is 18.4. The highest BCUT2D eigenvalue weighted by Crippen LogP contribution is 2.14. The molecular formula is C15H26N4O. The van der Waals surface area contributed by atoms with E-state index in [0.29, 0.717) is 12.3 Å². The molecule has 0 aliphatic carbocycles. The molecule has 1 aliphatic heterocycles. The fourth-order valence-corrected chi connectivity index (χ4v) is 2.77. The van der Waals surface area contributed by atoms with E-state index in [-0.39, 0.29) is 5.91 Å². The summed E-state index contributed by atoms with van der Waals surface area (Å²) in [5.74, 6) is 0.944. The highest BCUT2D eigenvalue weighted by Gasteiger charge is 2.19. The van der Waals surface area contributed by atoms with Crippen LogP contribution in [0, 0.1) is 5.92 Å². The molecule has 5 nitrogen and oxygen atoms in total. The lowest BCUT2D eigenvalue weighted by Crippen LogP contribution is -2.40. The van der Waals surface area contributed by atoms with Gasteiger partial charge < -0.3 is 14.8 Å². The summed E-state index contributed by atoms with van der Waals surface area (Å²) in [6.45, 7) is 6.86. The molecule has 1 amide bonds. The molecule has 112 valence electrons. The zero-order valence-corrected chi connectivity index (χ0v) is 12.4. The van der Waals surface area contributed by atoms with Crippen LogP contribution in [0.2, 0.25) is 0 Å². The summed E-state index contributed by atoms with van der Waals surface area (Å²) in [5, 5.41) is 3.38. The largest absolute Gasteiger partial charge is 0.342 e. The minimum atomic E-state index is 0.277. The maximum atomic E-state index is 12.4. The predicted octanol–water partition coefficient (Wildman–Crippen LogP) is 1.51. The minimum absolute atomic E-state index is 0.277. The van der Waals surface area contributed by atoms with E-state index in [0.717, 1.165) is 39.1 Å². The van der Waals surface area contributed by atoms with E-state index < -0.39 is 0 Å². The van der Waals surface area contributed by atoms with Gasteiger partial charge in [0, 0.05) is 38.4 Å². The van der Waals surface area contributed by atoms with Crippen LogP contribution in [0.5, 0.6) is 0 Å². The second kappa shape index (κ2) is 8.04. The van der Waals surface area contributed by atoms with Crippen molar-refractivity contribution in [1.82, 2.24) is 19.8 Å². The highest BCUT2D eigenvalue weighted by molar-refractivity contribution is 5.76. The Labute approximate surface area is 121 Å². The summed E-state index contributed by atoms with van der Waals surface area (Å²) in [5.41, 5.74) is 0. The molecule has 0 atom stereocenters. The molecule has 1 N–H and O–H groups in total. The summed E-state index contributed by atoms with van der Waals surface area (Å²) < 4.78 is 1.96. The van der Waals surface area contributed by atoms with Crippen LogP contribution >= 0.6 is 0 Å². The van der Waals surface area contributed by atoms with Gasteiger partial charge >= 0.3 is 0 Å². The predicted molar refractivity (Wildman–Crippen MR) is 79.3 cm³/mol. The van der Waals surface area contributed by atoms with Crippen LogP contribution < -0.4 is 5.32 Å². The van der Waals surface area contributed by atoms with E-state index in [1.54, 1.807) is 12.5 Å². The van der Waals surface area contributed by atoms with Crippen LogP contribution in [0.15, 0.2) is 18.7 Å². The zero-order valence-electron chi connectivity index (χ0n) is 12.4. The molecule has 0 unspecified atom stereocenters. The van der Waals surface area contributed by atoms with Crippen molar-refractivity contribution in [3.05, 3.63) is 18.7 Å². The Morgan fingerprint density at radius 1 is 1.45 bits per heavy atom. The number of amides is 1. The molecule has 0 spiro atoms. The lowest BCUT2D eigenvalue weighted by atomic mass is 9.97. The van der Waals surface area contributed by atoms with Crippen LogP contribution in [0.3, 0.4) is 0 Å². The maximum Gasteiger partial charge on any atom is 0.224 e. The molecule has 1 aromatic rings. The number of carbonyl (C=O) groups excluding carboxylic acids is 1. The summed E-state index contributed by atoms with van der Waals surface area (Å²) in [7, 11) is 0. The number of hydrogen-bond acceptors (Lipinski definition) is 3. The number of piperidine rings is 1. The monoisotopic (exact) mass is 278 g/mol. The van der Waals surface area contributed by atoms with Gasteiger partial charge in [0.05, 0.1) is 6.33 Å². The van der Waals surface area contributed by atoms with Gasteiger partial charge in [-0.15, -0.1) is 0 Å². The Hall–Kier alpha value is -1.36. The molecule has 0 radical (unpaired) electrons. The van der Waals surface area contributed by atoms with E-state index >= 15 is 0 Å². The summed E-state index contributed by atoms with van der Waals surface area (Å²) in [6, 6.07) is 0. The van der Waals surface area contributed by atoms with E-state index in [2.05, 4.69) is 22.1 Å². The van der Waals surface area contributed by atoms with Crippen LogP contribution in [-0.2, 0) is 11.3 Å². The fourth-order valence-electron chi connectivity index (χ4n) is 2.77. The molecule has 1 aliphatic rings. The first-order chi connectivity index (χ1) is 9.79. The SMILES string of the molecule is CCCN(CC1CCNCC1)C(=O)CCn1ccnc1. The van der Waals surface area contributed by atoms with Gasteiger partial charge in [-0.3, -0.25) is 4.79 Å². The number of hydrogen-bond donors (Lipinski definition) is 1. The molecule has 2 rings (SSSR count). The normalized spacial score (nSPS) is 16.2. The third-order valence-electron chi connectivity index (χ3n) is 3.93. The van der Waals surface area contributed by atoms with E-state index in [4.69, 9.17) is 0 Å². The molecule has 1 saturated heterocycles. The minimum Gasteiger partial charge on any atom is -0.342 e. The van der Waals surface area contributed by atoms with Gasteiger partial charge in [-0.2, -0.15) is 0 Å². The highest BCUT2D eigenvalue weighted by atomic mass is 16.2. The molecule has 1 aromatic heterocycles. The molecule has 0 aromatic carbocycles. The Bertz CT molecular complexity index is 385. The van der Waals surface area contributed by atoms with Gasteiger partial charge in [0.1, 0.15) is 0 Å². The van der Waals surface area contributed by atoms with Gasteiger partial charge in [-0.25, -0.2) is 4.98 Å². The number of nitrogens with zero attached hydrogens (tertiary/aromatic N) is 3. The summed E-state index contributed by atoms with van der Waals surface area (Å²) in [6.07, 6.45) is 9.41. The number of rotatable bonds is 7. The van der Waals surface area contributed by atoms with Crippen molar-refractivity contribution in [3.8, 4) is 0 Å². The van der Waals surface area contributed by atoms with Crippen molar-refractivity contribution in [2.24, 2.45) is 5.92 Å². The van der Waals surface area contributed by atoms with E-state index in [1.165, 1.54) is 12.8 Å². The molecule has 5 heteroatoms. The van der Waals surface area contributed by atoms with Crippen LogP contribution in [0.4, 0.5) is 0 Å².